The molecular formula is C16H19NO3. The van der Waals surface area contributed by atoms with Crippen molar-refractivity contribution in [1.82, 2.24) is 5.32 Å². The summed E-state index contributed by atoms with van der Waals surface area (Å²) in [5, 5.41) is 2.91. The van der Waals surface area contributed by atoms with Gasteiger partial charge in [0, 0.05) is 26.5 Å². The summed E-state index contributed by atoms with van der Waals surface area (Å²) in [6.45, 7) is 1.12. The number of hydrogen-bond acceptors (Lipinski definition) is 3. The van der Waals surface area contributed by atoms with Crippen LogP contribution in [-0.4, -0.2) is 13.0 Å². The van der Waals surface area contributed by atoms with E-state index in [1.54, 1.807) is 13.4 Å². The Labute approximate surface area is 118 Å². The van der Waals surface area contributed by atoms with Crippen LogP contribution in [0, 0.1) is 0 Å². The molecule has 20 heavy (non-hydrogen) atoms. The smallest absolute Gasteiger partial charge is 0.220 e. The predicted octanol–water partition coefficient (Wildman–Crippen LogP) is 2.68. The van der Waals surface area contributed by atoms with Crippen LogP contribution in [0.15, 0.2) is 47.1 Å². The maximum Gasteiger partial charge on any atom is 0.220 e. The zero-order chi connectivity index (χ0) is 14.2. The lowest BCUT2D eigenvalue weighted by Gasteiger charge is -2.07. The Morgan fingerprint density at radius 3 is 2.85 bits per heavy atom. The Bertz CT molecular complexity index is 534. The molecule has 0 spiro atoms. The van der Waals surface area contributed by atoms with Crippen molar-refractivity contribution in [3.8, 4) is 0 Å². The minimum Gasteiger partial charge on any atom is -0.469 e. The van der Waals surface area contributed by atoms with E-state index < -0.39 is 0 Å². The normalized spacial score (nSPS) is 10.4. The molecule has 0 saturated carbocycles. The van der Waals surface area contributed by atoms with Gasteiger partial charge in [-0.05, 0) is 23.3 Å². The van der Waals surface area contributed by atoms with Gasteiger partial charge in [0.2, 0.25) is 5.91 Å². The molecule has 0 aliphatic heterocycles. The van der Waals surface area contributed by atoms with Crippen LogP contribution in [0.25, 0.3) is 0 Å². The molecule has 2 aromatic rings. The summed E-state index contributed by atoms with van der Waals surface area (Å²) in [6, 6.07) is 11.7. The highest BCUT2D eigenvalue weighted by Gasteiger charge is 2.04. The average molecular weight is 273 g/mol. The van der Waals surface area contributed by atoms with Crippen LogP contribution in [0.1, 0.15) is 23.3 Å². The first kappa shape index (κ1) is 14.3. The molecule has 106 valence electrons. The third-order valence-corrected chi connectivity index (χ3v) is 2.97. The van der Waals surface area contributed by atoms with Crippen LogP contribution >= 0.6 is 0 Å². The van der Waals surface area contributed by atoms with Crippen molar-refractivity contribution in [2.24, 2.45) is 0 Å². The van der Waals surface area contributed by atoms with Crippen LogP contribution in [0.4, 0.5) is 0 Å². The Hall–Kier alpha value is -2.07. The summed E-state index contributed by atoms with van der Waals surface area (Å²) in [5.74, 6) is 0.862. The van der Waals surface area contributed by atoms with Crippen molar-refractivity contribution >= 4 is 5.91 Å². The van der Waals surface area contributed by atoms with E-state index in [1.807, 2.05) is 36.4 Å². The second kappa shape index (κ2) is 7.50. The minimum absolute atomic E-state index is 0.0264. The molecule has 0 fully saturated rings. The molecule has 0 unspecified atom stereocenters. The topological polar surface area (TPSA) is 51.5 Å². The molecule has 4 nitrogen and oxygen atoms in total. The van der Waals surface area contributed by atoms with Crippen LogP contribution in [0.2, 0.25) is 0 Å². The van der Waals surface area contributed by atoms with Gasteiger partial charge in [-0.2, -0.15) is 0 Å². The number of carbonyl (C=O) groups excluding carboxylic acids is 1. The number of ether oxygens (including phenoxy) is 1. The fourth-order valence-corrected chi connectivity index (χ4v) is 1.98. The molecule has 0 radical (unpaired) electrons. The average Bonchev–Trinajstić information content (AvgIpc) is 2.97. The Morgan fingerprint density at radius 1 is 1.25 bits per heavy atom. The van der Waals surface area contributed by atoms with E-state index in [2.05, 4.69) is 5.32 Å². The van der Waals surface area contributed by atoms with Gasteiger partial charge in [0.1, 0.15) is 5.76 Å². The lowest BCUT2D eigenvalue weighted by Crippen LogP contribution is -2.23. The summed E-state index contributed by atoms with van der Waals surface area (Å²) in [5.41, 5.74) is 2.18. The highest BCUT2D eigenvalue weighted by Crippen LogP contribution is 2.07. The molecule has 0 atom stereocenters. The molecule has 4 heteroatoms. The van der Waals surface area contributed by atoms with Gasteiger partial charge >= 0.3 is 0 Å². The van der Waals surface area contributed by atoms with Gasteiger partial charge in [-0.15, -0.1) is 0 Å². The van der Waals surface area contributed by atoms with Gasteiger partial charge in [0.05, 0.1) is 12.9 Å². The van der Waals surface area contributed by atoms with E-state index in [4.69, 9.17) is 9.15 Å². The highest BCUT2D eigenvalue weighted by molar-refractivity contribution is 5.76. The van der Waals surface area contributed by atoms with E-state index in [0.29, 0.717) is 26.0 Å². The first-order valence-corrected chi connectivity index (χ1v) is 6.64. The first-order chi connectivity index (χ1) is 9.78. The van der Waals surface area contributed by atoms with Crippen molar-refractivity contribution in [1.29, 1.82) is 0 Å². The lowest BCUT2D eigenvalue weighted by molar-refractivity contribution is -0.121. The molecule has 0 saturated heterocycles. The van der Waals surface area contributed by atoms with Crippen molar-refractivity contribution in [2.75, 3.05) is 7.11 Å². The number of methoxy groups -OCH3 is 1. The van der Waals surface area contributed by atoms with Crippen LogP contribution in [0.3, 0.4) is 0 Å². The number of furan rings is 1. The fraction of sp³-hybridized carbons (Fsp3) is 0.312. The summed E-state index contributed by atoms with van der Waals surface area (Å²) in [7, 11) is 1.67. The lowest BCUT2D eigenvalue weighted by atomic mass is 10.1. The molecule has 0 bridgehead atoms. The summed E-state index contributed by atoms with van der Waals surface area (Å²) in [4.78, 5) is 11.7. The van der Waals surface area contributed by atoms with Crippen molar-refractivity contribution in [3.63, 3.8) is 0 Å². The largest absolute Gasteiger partial charge is 0.469 e. The summed E-state index contributed by atoms with van der Waals surface area (Å²) in [6.07, 6.45) is 2.68. The van der Waals surface area contributed by atoms with Crippen molar-refractivity contribution in [2.45, 2.75) is 26.0 Å². The number of amides is 1. The quantitative estimate of drug-likeness (QED) is 0.843. The van der Waals surface area contributed by atoms with Crippen molar-refractivity contribution in [3.05, 3.63) is 59.5 Å². The van der Waals surface area contributed by atoms with Gasteiger partial charge in [0.15, 0.2) is 0 Å². The van der Waals surface area contributed by atoms with E-state index >= 15 is 0 Å². The molecule has 1 aromatic carbocycles. The molecule has 1 amide bonds. The molecule has 0 aliphatic rings. The van der Waals surface area contributed by atoms with E-state index in [9.17, 15) is 4.79 Å². The first-order valence-electron chi connectivity index (χ1n) is 6.64. The zero-order valence-electron chi connectivity index (χ0n) is 11.6. The predicted molar refractivity (Wildman–Crippen MR) is 76.0 cm³/mol. The fourth-order valence-electron chi connectivity index (χ4n) is 1.98. The van der Waals surface area contributed by atoms with E-state index in [0.717, 1.165) is 16.9 Å². The number of hydrogen-bond donors (Lipinski definition) is 1. The third kappa shape index (κ3) is 4.55. The molecule has 2 rings (SSSR count). The summed E-state index contributed by atoms with van der Waals surface area (Å²) < 4.78 is 10.3. The van der Waals surface area contributed by atoms with Gasteiger partial charge < -0.3 is 14.5 Å². The number of aryl methyl sites for hydroxylation is 1. The summed E-state index contributed by atoms with van der Waals surface area (Å²) >= 11 is 0. The SMILES string of the molecule is COCc1cccc(CNC(=O)CCc2ccco2)c1. The maximum absolute atomic E-state index is 11.7. The third-order valence-electron chi connectivity index (χ3n) is 2.97. The second-order valence-electron chi connectivity index (χ2n) is 4.61. The van der Waals surface area contributed by atoms with Crippen molar-refractivity contribution < 1.29 is 13.9 Å². The number of benzene rings is 1. The monoisotopic (exact) mass is 273 g/mol. The Morgan fingerprint density at radius 2 is 2.10 bits per heavy atom. The standard InChI is InChI=1S/C16H19NO3/c1-19-12-14-5-2-4-13(10-14)11-17-16(18)8-7-15-6-3-9-20-15/h2-6,9-10H,7-8,11-12H2,1H3,(H,17,18). The minimum atomic E-state index is 0.0264. The number of rotatable bonds is 7. The van der Waals surface area contributed by atoms with Gasteiger partial charge in [-0.25, -0.2) is 0 Å². The number of nitrogens with one attached hydrogen (secondary N) is 1. The molecule has 1 aromatic heterocycles. The van der Waals surface area contributed by atoms with Gasteiger partial charge in [0.25, 0.3) is 0 Å². The molecule has 1 N–H and O–H groups in total. The molecule has 1 heterocycles. The van der Waals surface area contributed by atoms with Gasteiger partial charge in [-0.1, -0.05) is 24.3 Å². The van der Waals surface area contributed by atoms with E-state index in [1.165, 1.54) is 0 Å². The van der Waals surface area contributed by atoms with Gasteiger partial charge in [-0.3, -0.25) is 4.79 Å². The second-order valence-corrected chi connectivity index (χ2v) is 4.61. The molecular weight excluding hydrogens is 254 g/mol. The molecule has 0 aliphatic carbocycles. The van der Waals surface area contributed by atoms with Crippen LogP contribution < -0.4 is 5.32 Å². The number of carbonyl (C=O) groups is 1. The van der Waals surface area contributed by atoms with Crippen LogP contribution in [0.5, 0.6) is 0 Å². The zero-order valence-corrected chi connectivity index (χ0v) is 11.6. The highest BCUT2D eigenvalue weighted by atomic mass is 16.5. The Kier molecular flexibility index (Phi) is 5.38. The Balaban J connectivity index is 1.76. The van der Waals surface area contributed by atoms with Crippen LogP contribution in [-0.2, 0) is 29.1 Å². The van der Waals surface area contributed by atoms with E-state index in [-0.39, 0.29) is 5.91 Å². The maximum atomic E-state index is 11.7.